The summed E-state index contributed by atoms with van der Waals surface area (Å²) in [6.07, 6.45) is 5.57. The highest BCUT2D eigenvalue weighted by molar-refractivity contribution is 5.76. The standard InChI is InChI=1S/C14H21N3O2/c1-14(2,12(18)19-3)11-6-4-9-17(10-11)13-15-7-5-8-16-13/h5,7-8,11H,4,6,9-10H2,1-3H3. The molecule has 5 nitrogen and oxygen atoms in total. The molecule has 5 heteroatoms. The molecular formula is C14H21N3O2. The van der Waals surface area contributed by atoms with Gasteiger partial charge in [0.25, 0.3) is 0 Å². The Kier molecular flexibility index (Phi) is 4.02. The van der Waals surface area contributed by atoms with Gasteiger partial charge in [-0.2, -0.15) is 0 Å². The Morgan fingerprint density at radius 2 is 2.11 bits per heavy atom. The number of hydrogen-bond donors (Lipinski definition) is 0. The van der Waals surface area contributed by atoms with E-state index in [9.17, 15) is 4.79 Å². The summed E-state index contributed by atoms with van der Waals surface area (Å²) in [6.45, 7) is 5.65. The number of ether oxygens (including phenoxy) is 1. The summed E-state index contributed by atoms with van der Waals surface area (Å²) >= 11 is 0. The lowest BCUT2D eigenvalue weighted by Gasteiger charge is -2.39. The maximum Gasteiger partial charge on any atom is 0.311 e. The minimum absolute atomic E-state index is 0.145. The first-order valence-corrected chi connectivity index (χ1v) is 6.66. The largest absolute Gasteiger partial charge is 0.469 e. The van der Waals surface area contributed by atoms with Crippen LogP contribution in [0.15, 0.2) is 18.5 Å². The zero-order valence-electron chi connectivity index (χ0n) is 11.8. The Bertz CT molecular complexity index is 434. The molecule has 0 N–H and O–H groups in total. The number of carbonyl (C=O) groups excluding carboxylic acids is 1. The van der Waals surface area contributed by atoms with E-state index < -0.39 is 5.41 Å². The van der Waals surface area contributed by atoms with Crippen LogP contribution < -0.4 is 4.90 Å². The molecule has 2 heterocycles. The van der Waals surface area contributed by atoms with E-state index >= 15 is 0 Å². The minimum Gasteiger partial charge on any atom is -0.469 e. The summed E-state index contributed by atoms with van der Waals surface area (Å²) in [5.41, 5.74) is -0.470. The van der Waals surface area contributed by atoms with Gasteiger partial charge in [-0.15, -0.1) is 0 Å². The number of aromatic nitrogens is 2. The van der Waals surface area contributed by atoms with Crippen molar-refractivity contribution >= 4 is 11.9 Å². The second-order valence-electron chi connectivity index (χ2n) is 5.55. The lowest BCUT2D eigenvalue weighted by molar-refractivity contribution is -0.154. The van der Waals surface area contributed by atoms with Crippen LogP contribution in [0.3, 0.4) is 0 Å². The van der Waals surface area contributed by atoms with Gasteiger partial charge in [0.1, 0.15) is 0 Å². The van der Waals surface area contributed by atoms with Gasteiger partial charge in [0.2, 0.25) is 5.95 Å². The predicted molar refractivity (Wildman–Crippen MR) is 72.8 cm³/mol. The second kappa shape index (κ2) is 5.55. The topological polar surface area (TPSA) is 55.3 Å². The fraction of sp³-hybridized carbons (Fsp3) is 0.643. The average Bonchev–Trinajstić information content (AvgIpc) is 2.47. The number of carbonyl (C=O) groups is 1. The van der Waals surface area contributed by atoms with E-state index in [1.165, 1.54) is 7.11 Å². The lowest BCUT2D eigenvalue weighted by Crippen LogP contribution is -2.45. The first kappa shape index (κ1) is 13.8. The molecular weight excluding hydrogens is 242 g/mol. The number of piperidine rings is 1. The van der Waals surface area contributed by atoms with Crippen molar-refractivity contribution in [3.63, 3.8) is 0 Å². The normalized spacial score (nSPS) is 20.2. The Balaban J connectivity index is 2.11. The molecule has 104 valence electrons. The van der Waals surface area contributed by atoms with Gasteiger partial charge in [0.05, 0.1) is 12.5 Å². The third-order valence-electron chi connectivity index (χ3n) is 3.99. The van der Waals surface area contributed by atoms with Gasteiger partial charge < -0.3 is 9.64 Å². The number of anilines is 1. The van der Waals surface area contributed by atoms with Crippen LogP contribution in [0.2, 0.25) is 0 Å². The first-order chi connectivity index (χ1) is 9.05. The van der Waals surface area contributed by atoms with Crippen LogP contribution in [0, 0.1) is 11.3 Å². The number of hydrogen-bond acceptors (Lipinski definition) is 5. The van der Waals surface area contributed by atoms with Crippen molar-refractivity contribution in [2.75, 3.05) is 25.1 Å². The highest BCUT2D eigenvalue weighted by atomic mass is 16.5. The molecule has 0 amide bonds. The van der Waals surface area contributed by atoms with Crippen LogP contribution in [-0.2, 0) is 9.53 Å². The van der Waals surface area contributed by atoms with Gasteiger partial charge >= 0.3 is 5.97 Å². The van der Waals surface area contributed by atoms with Crippen molar-refractivity contribution in [1.82, 2.24) is 9.97 Å². The molecule has 1 aliphatic rings. The Labute approximate surface area is 114 Å². The van der Waals surface area contributed by atoms with E-state index in [-0.39, 0.29) is 11.9 Å². The van der Waals surface area contributed by atoms with Gasteiger partial charge in [-0.3, -0.25) is 4.79 Å². The van der Waals surface area contributed by atoms with Gasteiger partial charge in [-0.1, -0.05) is 0 Å². The fourth-order valence-electron chi connectivity index (χ4n) is 2.63. The third kappa shape index (κ3) is 2.85. The highest BCUT2D eigenvalue weighted by Crippen LogP contribution is 2.35. The van der Waals surface area contributed by atoms with Crippen LogP contribution in [0.5, 0.6) is 0 Å². The maximum atomic E-state index is 11.9. The lowest BCUT2D eigenvalue weighted by atomic mass is 9.74. The summed E-state index contributed by atoms with van der Waals surface area (Å²) < 4.78 is 4.92. The SMILES string of the molecule is COC(=O)C(C)(C)C1CCCN(c2ncccn2)C1. The summed E-state index contributed by atoms with van der Waals surface area (Å²) in [5.74, 6) is 0.860. The van der Waals surface area contributed by atoms with Gasteiger partial charge in [-0.05, 0) is 38.7 Å². The van der Waals surface area contributed by atoms with Crippen molar-refractivity contribution in [1.29, 1.82) is 0 Å². The summed E-state index contributed by atoms with van der Waals surface area (Å²) in [7, 11) is 1.45. The van der Waals surface area contributed by atoms with E-state index in [0.29, 0.717) is 0 Å². The maximum absolute atomic E-state index is 11.9. The zero-order chi connectivity index (χ0) is 13.9. The molecule has 2 rings (SSSR count). The number of methoxy groups -OCH3 is 1. The third-order valence-corrected chi connectivity index (χ3v) is 3.99. The number of esters is 1. The molecule has 0 radical (unpaired) electrons. The Hall–Kier alpha value is -1.65. The molecule has 1 atom stereocenters. The van der Waals surface area contributed by atoms with Crippen molar-refractivity contribution in [3.05, 3.63) is 18.5 Å². The molecule has 1 aromatic heterocycles. The quantitative estimate of drug-likeness (QED) is 0.779. The van der Waals surface area contributed by atoms with E-state index in [2.05, 4.69) is 14.9 Å². The molecule has 1 aromatic rings. The van der Waals surface area contributed by atoms with Crippen LogP contribution >= 0.6 is 0 Å². The van der Waals surface area contributed by atoms with Gasteiger partial charge in [0, 0.05) is 25.5 Å². The molecule has 1 saturated heterocycles. The van der Waals surface area contributed by atoms with Gasteiger partial charge in [-0.25, -0.2) is 9.97 Å². The van der Waals surface area contributed by atoms with Crippen molar-refractivity contribution < 1.29 is 9.53 Å². The Morgan fingerprint density at radius 1 is 1.42 bits per heavy atom. The monoisotopic (exact) mass is 263 g/mol. The van der Waals surface area contributed by atoms with Crippen molar-refractivity contribution in [2.24, 2.45) is 11.3 Å². The summed E-state index contributed by atoms with van der Waals surface area (Å²) in [5, 5.41) is 0. The predicted octanol–water partition coefficient (Wildman–Crippen LogP) is 1.89. The fourth-order valence-corrected chi connectivity index (χ4v) is 2.63. The molecule has 0 aromatic carbocycles. The van der Waals surface area contributed by atoms with E-state index in [1.807, 2.05) is 19.9 Å². The minimum atomic E-state index is -0.470. The van der Waals surface area contributed by atoms with Crippen molar-refractivity contribution in [2.45, 2.75) is 26.7 Å². The zero-order valence-corrected chi connectivity index (χ0v) is 11.8. The molecule has 0 saturated carbocycles. The number of rotatable bonds is 3. The smallest absolute Gasteiger partial charge is 0.311 e. The number of nitrogens with zero attached hydrogens (tertiary/aromatic N) is 3. The second-order valence-corrected chi connectivity index (χ2v) is 5.55. The molecule has 1 fully saturated rings. The van der Waals surface area contributed by atoms with Gasteiger partial charge in [0.15, 0.2) is 0 Å². The molecule has 0 aliphatic carbocycles. The van der Waals surface area contributed by atoms with Crippen LogP contribution in [0.4, 0.5) is 5.95 Å². The molecule has 19 heavy (non-hydrogen) atoms. The summed E-state index contributed by atoms with van der Waals surface area (Å²) in [4.78, 5) is 22.6. The molecule has 1 aliphatic heterocycles. The van der Waals surface area contributed by atoms with Crippen LogP contribution in [-0.4, -0.2) is 36.1 Å². The Morgan fingerprint density at radius 3 is 2.74 bits per heavy atom. The first-order valence-electron chi connectivity index (χ1n) is 6.66. The van der Waals surface area contributed by atoms with Crippen LogP contribution in [0.1, 0.15) is 26.7 Å². The van der Waals surface area contributed by atoms with E-state index in [4.69, 9.17) is 4.74 Å². The molecule has 1 unspecified atom stereocenters. The molecule has 0 bridgehead atoms. The highest BCUT2D eigenvalue weighted by Gasteiger charge is 2.40. The van der Waals surface area contributed by atoms with E-state index in [0.717, 1.165) is 31.9 Å². The summed E-state index contributed by atoms with van der Waals surface area (Å²) in [6, 6.07) is 1.81. The molecule has 0 spiro atoms. The van der Waals surface area contributed by atoms with E-state index in [1.54, 1.807) is 12.4 Å². The average molecular weight is 263 g/mol. The van der Waals surface area contributed by atoms with Crippen molar-refractivity contribution in [3.8, 4) is 0 Å². The van der Waals surface area contributed by atoms with Crippen LogP contribution in [0.25, 0.3) is 0 Å².